The van der Waals surface area contributed by atoms with Crippen molar-refractivity contribution < 1.29 is 14.4 Å². The molecule has 6 heteroatoms. The molecule has 2 heterocycles. The molecule has 1 N–H and O–H groups in total. The average Bonchev–Trinajstić information content (AvgIpc) is 2.83. The van der Waals surface area contributed by atoms with Gasteiger partial charge < -0.3 is 10.2 Å². The summed E-state index contributed by atoms with van der Waals surface area (Å²) in [6, 6.07) is 8.65. The highest BCUT2D eigenvalue weighted by Crippen LogP contribution is 2.18. The number of benzene rings is 1. The molecule has 4 amide bonds. The van der Waals surface area contributed by atoms with E-state index in [9.17, 15) is 14.4 Å². The molecule has 0 saturated carbocycles. The number of amides is 4. The Kier molecular flexibility index (Phi) is 4.83. The van der Waals surface area contributed by atoms with Gasteiger partial charge in [0.2, 0.25) is 5.91 Å². The van der Waals surface area contributed by atoms with E-state index in [1.165, 1.54) is 0 Å². The van der Waals surface area contributed by atoms with Gasteiger partial charge in [0.25, 0.3) is 5.91 Å². The number of imide groups is 1. The molecule has 0 unspecified atom stereocenters. The SMILES string of the molecule is C[C@@H]1CCCCN1C(=O)CN1C(=O)N[C@@H](Cc2ccccc2)C1=O. The Bertz CT molecular complexity index is 632. The summed E-state index contributed by atoms with van der Waals surface area (Å²) in [5, 5.41) is 2.69. The molecule has 1 aromatic carbocycles. The summed E-state index contributed by atoms with van der Waals surface area (Å²) in [4.78, 5) is 39.9. The number of piperidine rings is 1. The second kappa shape index (κ2) is 7.03. The van der Waals surface area contributed by atoms with Crippen LogP contribution in [0, 0.1) is 0 Å². The Hall–Kier alpha value is -2.37. The first kappa shape index (κ1) is 16.5. The highest BCUT2D eigenvalue weighted by Gasteiger charge is 2.40. The fraction of sp³-hybridized carbons (Fsp3) is 0.500. The molecule has 0 spiro atoms. The molecule has 2 saturated heterocycles. The number of likely N-dealkylation sites (tertiary alicyclic amines) is 1. The third-order valence-corrected chi connectivity index (χ3v) is 4.81. The van der Waals surface area contributed by atoms with Crippen LogP contribution in [0.15, 0.2) is 30.3 Å². The van der Waals surface area contributed by atoms with Gasteiger partial charge in [-0.1, -0.05) is 30.3 Å². The number of nitrogens with one attached hydrogen (secondary N) is 1. The summed E-state index contributed by atoms with van der Waals surface area (Å²) in [5.74, 6) is -0.465. The lowest BCUT2D eigenvalue weighted by Gasteiger charge is -2.34. The first-order valence-corrected chi connectivity index (χ1v) is 8.51. The van der Waals surface area contributed by atoms with Gasteiger partial charge in [0.15, 0.2) is 0 Å². The van der Waals surface area contributed by atoms with Gasteiger partial charge in [-0.3, -0.25) is 14.5 Å². The lowest BCUT2D eigenvalue weighted by molar-refractivity contribution is -0.139. The van der Waals surface area contributed by atoms with Crippen molar-refractivity contribution in [1.29, 1.82) is 0 Å². The van der Waals surface area contributed by atoms with E-state index in [0.717, 1.165) is 29.7 Å². The van der Waals surface area contributed by atoms with Crippen molar-refractivity contribution in [2.45, 2.75) is 44.7 Å². The Labute approximate surface area is 141 Å². The maximum absolute atomic E-state index is 12.5. The fourth-order valence-corrected chi connectivity index (χ4v) is 3.41. The Balaban J connectivity index is 1.62. The van der Waals surface area contributed by atoms with Crippen LogP contribution in [-0.4, -0.2) is 52.8 Å². The van der Waals surface area contributed by atoms with Crippen LogP contribution in [0.2, 0.25) is 0 Å². The van der Waals surface area contributed by atoms with E-state index < -0.39 is 12.1 Å². The zero-order valence-corrected chi connectivity index (χ0v) is 13.9. The van der Waals surface area contributed by atoms with Crippen molar-refractivity contribution in [1.82, 2.24) is 15.1 Å². The molecule has 0 aliphatic carbocycles. The molecule has 128 valence electrons. The Morgan fingerprint density at radius 2 is 1.96 bits per heavy atom. The fourth-order valence-electron chi connectivity index (χ4n) is 3.41. The van der Waals surface area contributed by atoms with E-state index in [2.05, 4.69) is 5.32 Å². The molecule has 0 radical (unpaired) electrons. The van der Waals surface area contributed by atoms with Crippen LogP contribution in [0.25, 0.3) is 0 Å². The van der Waals surface area contributed by atoms with E-state index in [4.69, 9.17) is 0 Å². The highest BCUT2D eigenvalue weighted by atomic mass is 16.2. The van der Waals surface area contributed by atoms with E-state index in [0.29, 0.717) is 13.0 Å². The van der Waals surface area contributed by atoms with Crippen molar-refractivity contribution in [3.63, 3.8) is 0 Å². The van der Waals surface area contributed by atoms with E-state index in [1.807, 2.05) is 37.3 Å². The first-order chi connectivity index (χ1) is 11.6. The Morgan fingerprint density at radius 3 is 2.67 bits per heavy atom. The van der Waals surface area contributed by atoms with Crippen molar-refractivity contribution in [3.05, 3.63) is 35.9 Å². The number of rotatable bonds is 4. The summed E-state index contributed by atoms with van der Waals surface area (Å²) in [7, 11) is 0. The first-order valence-electron chi connectivity index (χ1n) is 8.51. The predicted molar refractivity (Wildman–Crippen MR) is 89.2 cm³/mol. The smallest absolute Gasteiger partial charge is 0.325 e. The molecule has 2 fully saturated rings. The second-order valence-electron chi connectivity index (χ2n) is 6.55. The molecule has 2 aliphatic heterocycles. The number of carbonyl (C=O) groups excluding carboxylic acids is 3. The van der Waals surface area contributed by atoms with Gasteiger partial charge in [-0.25, -0.2) is 4.79 Å². The predicted octanol–water partition coefficient (Wildman–Crippen LogP) is 1.55. The Morgan fingerprint density at radius 1 is 1.21 bits per heavy atom. The van der Waals surface area contributed by atoms with Gasteiger partial charge in [-0.15, -0.1) is 0 Å². The van der Waals surface area contributed by atoms with Gasteiger partial charge in [0, 0.05) is 19.0 Å². The van der Waals surface area contributed by atoms with Gasteiger partial charge in [-0.2, -0.15) is 0 Å². The largest absolute Gasteiger partial charge is 0.338 e. The van der Waals surface area contributed by atoms with Crippen molar-refractivity contribution in [3.8, 4) is 0 Å². The van der Waals surface area contributed by atoms with Gasteiger partial charge in [0.05, 0.1) is 0 Å². The number of hydrogen-bond donors (Lipinski definition) is 1. The number of nitrogens with zero attached hydrogens (tertiary/aromatic N) is 2. The van der Waals surface area contributed by atoms with Crippen LogP contribution >= 0.6 is 0 Å². The highest BCUT2D eigenvalue weighted by molar-refractivity contribution is 6.06. The van der Waals surface area contributed by atoms with E-state index in [-0.39, 0.29) is 24.4 Å². The van der Waals surface area contributed by atoms with Crippen LogP contribution in [0.4, 0.5) is 4.79 Å². The minimum Gasteiger partial charge on any atom is -0.338 e. The minimum absolute atomic E-state index is 0.147. The molecule has 6 nitrogen and oxygen atoms in total. The summed E-state index contributed by atoms with van der Waals surface area (Å²) >= 11 is 0. The maximum atomic E-state index is 12.5. The molecule has 24 heavy (non-hydrogen) atoms. The van der Waals surface area contributed by atoms with Gasteiger partial charge in [-0.05, 0) is 31.7 Å². The van der Waals surface area contributed by atoms with Crippen LogP contribution < -0.4 is 5.32 Å². The summed E-state index contributed by atoms with van der Waals surface area (Å²) in [5.41, 5.74) is 0.981. The van der Waals surface area contributed by atoms with Crippen LogP contribution in [0.3, 0.4) is 0 Å². The monoisotopic (exact) mass is 329 g/mol. The third-order valence-electron chi connectivity index (χ3n) is 4.81. The number of carbonyl (C=O) groups is 3. The quantitative estimate of drug-likeness (QED) is 0.852. The molecular weight excluding hydrogens is 306 g/mol. The minimum atomic E-state index is -0.591. The molecule has 3 rings (SSSR count). The standard InChI is InChI=1S/C18H23N3O3/c1-13-7-5-6-10-20(13)16(22)12-21-17(23)15(19-18(21)24)11-14-8-3-2-4-9-14/h2-4,8-9,13,15H,5-7,10-12H2,1H3,(H,19,24)/t13-,15+/m1/s1. The van der Waals surface area contributed by atoms with Gasteiger partial charge >= 0.3 is 6.03 Å². The lowest BCUT2D eigenvalue weighted by Crippen LogP contribution is -2.48. The normalized spacial score (nSPS) is 24.2. The molecule has 0 bridgehead atoms. The van der Waals surface area contributed by atoms with E-state index in [1.54, 1.807) is 4.90 Å². The van der Waals surface area contributed by atoms with Crippen LogP contribution in [-0.2, 0) is 16.0 Å². The molecule has 2 aliphatic rings. The topological polar surface area (TPSA) is 69.7 Å². The van der Waals surface area contributed by atoms with Crippen molar-refractivity contribution >= 4 is 17.8 Å². The number of urea groups is 1. The zero-order valence-electron chi connectivity index (χ0n) is 13.9. The lowest BCUT2D eigenvalue weighted by atomic mass is 10.0. The summed E-state index contributed by atoms with van der Waals surface area (Å²) in [6.07, 6.45) is 3.51. The zero-order chi connectivity index (χ0) is 17.1. The summed E-state index contributed by atoms with van der Waals surface area (Å²) < 4.78 is 0. The van der Waals surface area contributed by atoms with Crippen molar-refractivity contribution in [2.24, 2.45) is 0 Å². The van der Waals surface area contributed by atoms with Gasteiger partial charge in [0.1, 0.15) is 12.6 Å². The van der Waals surface area contributed by atoms with Crippen LogP contribution in [0.5, 0.6) is 0 Å². The third kappa shape index (κ3) is 3.42. The maximum Gasteiger partial charge on any atom is 0.325 e. The molecular formula is C18H23N3O3. The molecule has 1 aromatic rings. The summed E-state index contributed by atoms with van der Waals surface area (Å²) in [6.45, 7) is 2.55. The number of hydrogen-bond acceptors (Lipinski definition) is 3. The second-order valence-corrected chi connectivity index (χ2v) is 6.55. The molecule has 2 atom stereocenters. The molecule has 0 aromatic heterocycles. The van der Waals surface area contributed by atoms with E-state index >= 15 is 0 Å². The van der Waals surface area contributed by atoms with Crippen LogP contribution in [0.1, 0.15) is 31.7 Å². The average molecular weight is 329 g/mol. The van der Waals surface area contributed by atoms with Crippen molar-refractivity contribution in [2.75, 3.05) is 13.1 Å².